The Hall–Kier alpha value is -3.09. The number of ether oxygens (including phenoxy) is 2. The summed E-state index contributed by atoms with van der Waals surface area (Å²) in [7, 11) is 1.55. The molecule has 0 saturated heterocycles. The zero-order valence-corrected chi connectivity index (χ0v) is 15.9. The quantitative estimate of drug-likeness (QED) is 0.556. The number of carbonyl (C=O) groups excluding carboxylic acids is 1. The van der Waals surface area contributed by atoms with Crippen molar-refractivity contribution in [3.05, 3.63) is 63.7 Å². The van der Waals surface area contributed by atoms with Crippen LogP contribution in [0.4, 0.5) is 5.69 Å². The van der Waals surface area contributed by atoms with E-state index in [0.29, 0.717) is 24.0 Å². The summed E-state index contributed by atoms with van der Waals surface area (Å²) < 4.78 is 11.1. The van der Waals surface area contributed by atoms with Gasteiger partial charge in [0.25, 0.3) is 11.6 Å². The third kappa shape index (κ3) is 5.20. The van der Waals surface area contributed by atoms with Gasteiger partial charge in [-0.3, -0.25) is 14.9 Å². The molecule has 1 atom stereocenters. The number of benzene rings is 2. The normalized spacial score (nSPS) is 11.7. The van der Waals surface area contributed by atoms with E-state index in [1.165, 1.54) is 18.2 Å². The minimum Gasteiger partial charge on any atom is -0.493 e. The first-order valence-electron chi connectivity index (χ1n) is 8.68. The second-order valence-electron chi connectivity index (χ2n) is 6.58. The first kappa shape index (κ1) is 20.2. The summed E-state index contributed by atoms with van der Waals surface area (Å²) in [5.41, 5.74) is 0.603. The molecular weight excluding hydrogens is 348 g/mol. The number of amides is 1. The maximum atomic E-state index is 12.5. The number of methoxy groups -OCH3 is 1. The monoisotopic (exact) mass is 372 g/mol. The number of rotatable bonds is 8. The van der Waals surface area contributed by atoms with Crippen molar-refractivity contribution in [2.45, 2.75) is 26.8 Å². The van der Waals surface area contributed by atoms with Crippen molar-refractivity contribution in [3.8, 4) is 11.5 Å². The Morgan fingerprint density at radius 3 is 2.48 bits per heavy atom. The Morgan fingerprint density at radius 1 is 1.15 bits per heavy atom. The summed E-state index contributed by atoms with van der Waals surface area (Å²) >= 11 is 0. The van der Waals surface area contributed by atoms with Crippen LogP contribution in [0.25, 0.3) is 0 Å². The Labute approximate surface area is 158 Å². The molecule has 0 aliphatic rings. The molecule has 2 aromatic rings. The summed E-state index contributed by atoms with van der Waals surface area (Å²) in [5, 5.41) is 13.9. The molecule has 0 bridgehead atoms. The molecular formula is C20H24N2O5. The molecule has 0 aliphatic carbocycles. The van der Waals surface area contributed by atoms with Crippen LogP contribution in [0, 0.1) is 16.0 Å². The maximum Gasteiger partial charge on any atom is 0.282 e. The lowest BCUT2D eigenvalue weighted by Crippen LogP contribution is -2.27. The van der Waals surface area contributed by atoms with Gasteiger partial charge in [0, 0.05) is 6.07 Å². The fourth-order valence-electron chi connectivity index (χ4n) is 2.51. The SMILES string of the molecule is COc1cc([C@@H](C)NC(=O)c2ccccc2[N+](=O)[O-])ccc1OCC(C)C. The molecule has 0 heterocycles. The van der Waals surface area contributed by atoms with Gasteiger partial charge in [0.15, 0.2) is 11.5 Å². The van der Waals surface area contributed by atoms with Gasteiger partial charge in [0.05, 0.1) is 24.7 Å². The predicted molar refractivity (Wildman–Crippen MR) is 102 cm³/mol. The van der Waals surface area contributed by atoms with Gasteiger partial charge in [0.1, 0.15) is 5.56 Å². The van der Waals surface area contributed by atoms with E-state index >= 15 is 0 Å². The molecule has 0 radical (unpaired) electrons. The van der Waals surface area contributed by atoms with Crippen molar-refractivity contribution in [1.29, 1.82) is 0 Å². The average molecular weight is 372 g/mol. The van der Waals surface area contributed by atoms with Gasteiger partial charge in [-0.1, -0.05) is 32.0 Å². The number of nitro groups is 1. The Bertz CT molecular complexity index is 820. The minimum absolute atomic E-state index is 0.0261. The van der Waals surface area contributed by atoms with Crippen LogP contribution in [0.2, 0.25) is 0 Å². The van der Waals surface area contributed by atoms with Crippen molar-refractivity contribution in [1.82, 2.24) is 5.32 Å². The topological polar surface area (TPSA) is 90.7 Å². The zero-order chi connectivity index (χ0) is 20.0. The molecule has 0 saturated carbocycles. The van der Waals surface area contributed by atoms with Crippen LogP contribution < -0.4 is 14.8 Å². The number of hydrogen-bond donors (Lipinski definition) is 1. The molecule has 0 spiro atoms. The molecule has 7 heteroatoms. The fraction of sp³-hybridized carbons (Fsp3) is 0.350. The Morgan fingerprint density at radius 2 is 1.85 bits per heavy atom. The first-order valence-corrected chi connectivity index (χ1v) is 8.68. The van der Waals surface area contributed by atoms with Gasteiger partial charge in [-0.25, -0.2) is 0 Å². The molecule has 0 aliphatic heterocycles. The summed E-state index contributed by atoms with van der Waals surface area (Å²) in [6.45, 7) is 6.48. The highest BCUT2D eigenvalue weighted by atomic mass is 16.6. The molecule has 1 N–H and O–H groups in total. The second kappa shape index (κ2) is 9.02. The van der Waals surface area contributed by atoms with Crippen LogP contribution in [0.3, 0.4) is 0 Å². The van der Waals surface area contributed by atoms with E-state index < -0.39 is 10.8 Å². The number of carbonyl (C=O) groups is 1. The van der Waals surface area contributed by atoms with E-state index in [1.807, 2.05) is 6.07 Å². The Kier molecular flexibility index (Phi) is 6.76. The molecule has 7 nitrogen and oxygen atoms in total. The van der Waals surface area contributed by atoms with E-state index in [0.717, 1.165) is 5.56 Å². The number of para-hydroxylation sites is 1. The summed E-state index contributed by atoms with van der Waals surface area (Å²) in [6.07, 6.45) is 0. The molecule has 144 valence electrons. The Balaban J connectivity index is 2.17. The van der Waals surface area contributed by atoms with Crippen molar-refractivity contribution in [3.63, 3.8) is 0 Å². The highest BCUT2D eigenvalue weighted by molar-refractivity contribution is 5.98. The smallest absolute Gasteiger partial charge is 0.282 e. The maximum absolute atomic E-state index is 12.5. The lowest BCUT2D eigenvalue weighted by Gasteiger charge is -2.18. The van der Waals surface area contributed by atoms with Crippen molar-refractivity contribution >= 4 is 11.6 Å². The largest absolute Gasteiger partial charge is 0.493 e. The summed E-state index contributed by atoms with van der Waals surface area (Å²) in [4.78, 5) is 23.0. The number of nitrogens with one attached hydrogen (secondary N) is 1. The molecule has 2 aromatic carbocycles. The van der Waals surface area contributed by atoms with E-state index in [2.05, 4.69) is 19.2 Å². The fourth-order valence-corrected chi connectivity index (χ4v) is 2.51. The molecule has 27 heavy (non-hydrogen) atoms. The van der Waals surface area contributed by atoms with Crippen LogP contribution in [0.5, 0.6) is 11.5 Å². The van der Waals surface area contributed by atoms with E-state index in [1.54, 1.807) is 32.2 Å². The lowest BCUT2D eigenvalue weighted by molar-refractivity contribution is -0.385. The van der Waals surface area contributed by atoms with Crippen LogP contribution in [0.1, 0.15) is 42.7 Å². The van der Waals surface area contributed by atoms with E-state index in [9.17, 15) is 14.9 Å². The van der Waals surface area contributed by atoms with Gasteiger partial charge in [-0.15, -0.1) is 0 Å². The highest BCUT2D eigenvalue weighted by Crippen LogP contribution is 2.31. The molecule has 0 aromatic heterocycles. The molecule has 2 rings (SSSR count). The van der Waals surface area contributed by atoms with Gasteiger partial charge >= 0.3 is 0 Å². The van der Waals surface area contributed by atoms with Crippen LogP contribution in [-0.2, 0) is 0 Å². The minimum atomic E-state index is -0.566. The van der Waals surface area contributed by atoms with E-state index in [4.69, 9.17) is 9.47 Å². The third-order valence-electron chi connectivity index (χ3n) is 3.95. The van der Waals surface area contributed by atoms with Crippen LogP contribution in [-0.4, -0.2) is 24.5 Å². The number of nitro benzene ring substituents is 1. The average Bonchev–Trinajstić information content (AvgIpc) is 2.65. The van der Waals surface area contributed by atoms with Crippen molar-refractivity contribution < 1.29 is 19.2 Å². The second-order valence-corrected chi connectivity index (χ2v) is 6.58. The van der Waals surface area contributed by atoms with Gasteiger partial charge in [-0.2, -0.15) is 0 Å². The predicted octanol–water partition coefficient (Wildman–Crippen LogP) is 4.13. The van der Waals surface area contributed by atoms with Crippen LogP contribution in [0.15, 0.2) is 42.5 Å². The molecule has 1 amide bonds. The third-order valence-corrected chi connectivity index (χ3v) is 3.95. The highest BCUT2D eigenvalue weighted by Gasteiger charge is 2.21. The zero-order valence-electron chi connectivity index (χ0n) is 15.9. The summed E-state index contributed by atoms with van der Waals surface area (Å²) in [5.74, 6) is 1.08. The van der Waals surface area contributed by atoms with Crippen LogP contribution >= 0.6 is 0 Å². The lowest BCUT2D eigenvalue weighted by atomic mass is 10.1. The summed E-state index contributed by atoms with van der Waals surface area (Å²) in [6, 6.07) is 10.9. The van der Waals surface area contributed by atoms with Crippen molar-refractivity contribution in [2.24, 2.45) is 5.92 Å². The van der Waals surface area contributed by atoms with Gasteiger partial charge in [0.2, 0.25) is 0 Å². The van der Waals surface area contributed by atoms with E-state index in [-0.39, 0.29) is 17.3 Å². The molecule has 0 unspecified atom stereocenters. The van der Waals surface area contributed by atoms with Crippen molar-refractivity contribution in [2.75, 3.05) is 13.7 Å². The number of nitrogens with zero attached hydrogens (tertiary/aromatic N) is 1. The van der Waals surface area contributed by atoms with Gasteiger partial charge in [-0.05, 0) is 36.6 Å². The van der Waals surface area contributed by atoms with Gasteiger partial charge < -0.3 is 14.8 Å². The standard InChI is InChI=1S/C20H24N2O5/c1-13(2)12-27-18-10-9-15(11-19(18)26-4)14(3)21-20(23)16-7-5-6-8-17(16)22(24)25/h5-11,13-14H,12H2,1-4H3,(H,21,23)/t14-/m1/s1. The molecule has 0 fully saturated rings. The first-order chi connectivity index (χ1) is 12.8. The number of hydrogen-bond acceptors (Lipinski definition) is 5.